The molecule has 0 amide bonds. The Morgan fingerprint density at radius 3 is 2.95 bits per heavy atom. The minimum absolute atomic E-state index is 0.235. The van der Waals surface area contributed by atoms with Crippen molar-refractivity contribution in [1.29, 1.82) is 0 Å². The number of para-hydroxylation sites is 1. The third-order valence-corrected chi connectivity index (χ3v) is 4.25. The fourth-order valence-electron chi connectivity index (χ4n) is 3.19. The number of rotatable bonds is 4. The molecule has 1 aromatic heterocycles. The lowest BCUT2D eigenvalue weighted by molar-refractivity contribution is 0.378. The maximum absolute atomic E-state index is 5.47. The van der Waals surface area contributed by atoms with Crippen LogP contribution in [-0.4, -0.2) is 12.1 Å². The van der Waals surface area contributed by atoms with E-state index in [-0.39, 0.29) is 6.04 Å². The van der Waals surface area contributed by atoms with Crippen molar-refractivity contribution in [3.05, 3.63) is 59.4 Å². The number of methoxy groups -OCH3 is 1. The second-order valence-electron chi connectivity index (χ2n) is 5.62. The fourth-order valence-corrected chi connectivity index (χ4v) is 3.19. The van der Waals surface area contributed by atoms with E-state index in [4.69, 9.17) is 4.74 Å². The first-order chi connectivity index (χ1) is 10.3. The number of pyridine rings is 1. The summed E-state index contributed by atoms with van der Waals surface area (Å²) in [4.78, 5) is 4.60. The van der Waals surface area contributed by atoms with Gasteiger partial charge in [0.05, 0.1) is 18.8 Å². The molecule has 0 radical (unpaired) electrons. The maximum atomic E-state index is 5.47. The Morgan fingerprint density at radius 1 is 1.24 bits per heavy atom. The monoisotopic (exact) mass is 282 g/mol. The summed E-state index contributed by atoms with van der Waals surface area (Å²) >= 11 is 0. The van der Waals surface area contributed by atoms with E-state index >= 15 is 0 Å². The highest BCUT2D eigenvalue weighted by Gasteiger charge is 2.23. The van der Waals surface area contributed by atoms with Gasteiger partial charge in [-0.1, -0.05) is 24.3 Å². The Bertz CT molecular complexity index is 612. The molecule has 2 aromatic rings. The molecule has 0 saturated heterocycles. The van der Waals surface area contributed by atoms with E-state index in [9.17, 15) is 0 Å². The number of benzene rings is 1. The quantitative estimate of drug-likeness (QED) is 0.925. The van der Waals surface area contributed by atoms with Crippen LogP contribution >= 0.6 is 0 Å². The third kappa shape index (κ3) is 2.93. The first-order valence-corrected chi connectivity index (χ1v) is 7.62. The molecule has 0 saturated carbocycles. The number of nitrogens with one attached hydrogen (secondary N) is 1. The predicted molar refractivity (Wildman–Crippen MR) is 84.5 cm³/mol. The van der Waals surface area contributed by atoms with E-state index < -0.39 is 0 Å². The first kappa shape index (κ1) is 14.1. The average molecular weight is 282 g/mol. The van der Waals surface area contributed by atoms with Gasteiger partial charge in [-0.05, 0) is 43.9 Å². The van der Waals surface area contributed by atoms with Gasteiger partial charge in [-0.25, -0.2) is 0 Å². The van der Waals surface area contributed by atoms with Crippen LogP contribution in [0.4, 0.5) is 0 Å². The van der Waals surface area contributed by atoms with Crippen LogP contribution in [0.1, 0.15) is 48.7 Å². The lowest BCUT2D eigenvalue weighted by Crippen LogP contribution is -2.28. The molecule has 1 N–H and O–H groups in total. The summed E-state index contributed by atoms with van der Waals surface area (Å²) in [6, 6.07) is 13.0. The highest BCUT2D eigenvalue weighted by atomic mass is 16.5. The topological polar surface area (TPSA) is 34.1 Å². The minimum Gasteiger partial charge on any atom is -0.496 e. The van der Waals surface area contributed by atoms with Crippen molar-refractivity contribution in [1.82, 2.24) is 10.3 Å². The summed E-state index contributed by atoms with van der Waals surface area (Å²) < 4.78 is 5.47. The molecule has 3 nitrogen and oxygen atoms in total. The van der Waals surface area contributed by atoms with Gasteiger partial charge in [-0.15, -0.1) is 0 Å². The Morgan fingerprint density at radius 2 is 2.10 bits per heavy atom. The SMILES string of the molecule is COc1ccccc1[C@H](C)NC1CCCc2cccnc21. The number of fused-ring (bicyclic) bond motifs is 1. The van der Waals surface area contributed by atoms with E-state index in [0.717, 1.165) is 18.6 Å². The Labute approximate surface area is 126 Å². The van der Waals surface area contributed by atoms with Crippen molar-refractivity contribution in [2.45, 2.75) is 38.3 Å². The van der Waals surface area contributed by atoms with E-state index in [1.54, 1.807) is 7.11 Å². The fraction of sp³-hybridized carbons (Fsp3) is 0.389. The first-order valence-electron chi connectivity index (χ1n) is 7.62. The van der Waals surface area contributed by atoms with Gasteiger partial charge in [0.15, 0.2) is 0 Å². The third-order valence-electron chi connectivity index (χ3n) is 4.25. The molecular weight excluding hydrogens is 260 g/mol. The van der Waals surface area contributed by atoms with Crippen LogP contribution in [-0.2, 0) is 6.42 Å². The number of aryl methyl sites for hydroxylation is 1. The summed E-state index contributed by atoms with van der Waals surface area (Å²) in [5.41, 5.74) is 3.79. The van der Waals surface area contributed by atoms with Crippen molar-refractivity contribution in [3.8, 4) is 5.75 Å². The maximum Gasteiger partial charge on any atom is 0.123 e. The van der Waals surface area contributed by atoms with Crippen LogP contribution in [0.5, 0.6) is 5.75 Å². The van der Waals surface area contributed by atoms with Gasteiger partial charge in [-0.3, -0.25) is 4.98 Å². The molecule has 0 bridgehead atoms. The molecule has 0 spiro atoms. The molecule has 110 valence electrons. The Hall–Kier alpha value is -1.87. The van der Waals surface area contributed by atoms with Gasteiger partial charge in [0, 0.05) is 17.8 Å². The van der Waals surface area contributed by atoms with Gasteiger partial charge in [0.25, 0.3) is 0 Å². The zero-order valence-corrected chi connectivity index (χ0v) is 12.7. The zero-order chi connectivity index (χ0) is 14.7. The summed E-state index contributed by atoms with van der Waals surface area (Å²) in [5, 5.41) is 3.72. The number of aromatic nitrogens is 1. The molecule has 3 heteroatoms. The lowest BCUT2D eigenvalue weighted by Gasteiger charge is -2.28. The van der Waals surface area contributed by atoms with Crippen molar-refractivity contribution < 1.29 is 4.74 Å². The van der Waals surface area contributed by atoms with Crippen molar-refractivity contribution in [3.63, 3.8) is 0 Å². The summed E-state index contributed by atoms with van der Waals surface area (Å²) in [6.07, 6.45) is 5.40. The largest absolute Gasteiger partial charge is 0.496 e. The molecule has 1 heterocycles. The predicted octanol–water partition coefficient (Wildman–Crippen LogP) is 3.82. The molecule has 0 aliphatic heterocycles. The molecule has 21 heavy (non-hydrogen) atoms. The van der Waals surface area contributed by atoms with Gasteiger partial charge in [-0.2, -0.15) is 0 Å². The van der Waals surface area contributed by atoms with Gasteiger partial charge in [0.1, 0.15) is 5.75 Å². The molecule has 3 rings (SSSR count). The van der Waals surface area contributed by atoms with Crippen LogP contribution in [0.25, 0.3) is 0 Å². The molecule has 1 aromatic carbocycles. The molecule has 1 unspecified atom stereocenters. The normalized spacial score (nSPS) is 18.9. The average Bonchev–Trinajstić information content (AvgIpc) is 2.55. The number of ether oxygens (including phenoxy) is 1. The molecule has 2 atom stereocenters. The van der Waals surface area contributed by atoms with Gasteiger partial charge < -0.3 is 10.1 Å². The van der Waals surface area contributed by atoms with E-state index in [0.29, 0.717) is 6.04 Å². The second-order valence-corrected chi connectivity index (χ2v) is 5.62. The molecule has 1 aliphatic carbocycles. The van der Waals surface area contributed by atoms with Crippen molar-refractivity contribution in [2.24, 2.45) is 0 Å². The Kier molecular flexibility index (Phi) is 4.20. The van der Waals surface area contributed by atoms with E-state index in [1.807, 2.05) is 24.4 Å². The van der Waals surface area contributed by atoms with Crippen LogP contribution in [0.3, 0.4) is 0 Å². The Balaban J connectivity index is 1.81. The highest BCUT2D eigenvalue weighted by Crippen LogP contribution is 2.32. The smallest absolute Gasteiger partial charge is 0.123 e. The summed E-state index contributed by atoms with van der Waals surface area (Å²) in [7, 11) is 1.73. The number of hydrogen-bond donors (Lipinski definition) is 1. The van der Waals surface area contributed by atoms with Crippen LogP contribution in [0.15, 0.2) is 42.6 Å². The number of hydrogen-bond acceptors (Lipinski definition) is 3. The lowest BCUT2D eigenvalue weighted by atomic mass is 9.91. The summed E-state index contributed by atoms with van der Waals surface area (Å²) in [6.45, 7) is 2.19. The van der Waals surface area contributed by atoms with Crippen molar-refractivity contribution in [2.75, 3.05) is 7.11 Å². The zero-order valence-electron chi connectivity index (χ0n) is 12.7. The molecule has 0 fully saturated rings. The molecule has 1 aliphatic rings. The number of nitrogens with zero attached hydrogens (tertiary/aromatic N) is 1. The van der Waals surface area contributed by atoms with E-state index in [1.165, 1.54) is 23.2 Å². The van der Waals surface area contributed by atoms with Crippen LogP contribution in [0.2, 0.25) is 0 Å². The van der Waals surface area contributed by atoms with Gasteiger partial charge >= 0.3 is 0 Å². The van der Waals surface area contributed by atoms with Crippen molar-refractivity contribution >= 4 is 0 Å². The molecular formula is C18H22N2O. The van der Waals surface area contributed by atoms with E-state index in [2.05, 4.69) is 35.4 Å². The van der Waals surface area contributed by atoms with Crippen LogP contribution < -0.4 is 10.1 Å². The minimum atomic E-state index is 0.235. The highest BCUT2D eigenvalue weighted by molar-refractivity contribution is 5.36. The summed E-state index contributed by atoms with van der Waals surface area (Å²) in [5.74, 6) is 0.939. The van der Waals surface area contributed by atoms with Gasteiger partial charge in [0.2, 0.25) is 0 Å². The standard InChI is InChI=1S/C18H22N2O/c1-13(15-9-3-4-11-17(15)21-2)20-16-10-5-7-14-8-6-12-19-18(14)16/h3-4,6,8-9,11-13,16,20H,5,7,10H2,1-2H3/t13-,16?/m0/s1. The second kappa shape index (κ2) is 6.27. The van der Waals surface area contributed by atoms with Crippen LogP contribution in [0, 0.1) is 0 Å².